The summed E-state index contributed by atoms with van der Waals surface area (Å²) in [5.41, 5.74) is 2.82. The van der Waals surface area contributed by atoms with Gasteiger partial charge in [-0.1, -0.05) is 57.6 Å². The molecule has 1 aliphatic heterocycles. The minimum absolute atomic E-state index is 0.113. The number of esters is 1. The first-order valence-electron chi connectivity index (χ1n) is 14.4. The molecule has 1 heterocycles. The van der Waals surface area contributed by atoms with E-state index in [1.54, 1.807) is 0 Å². The highest BCUT2D eigenvalue weighted by molar-refractivity contribution is 5.98. The second kappa shape index (κ2) is 14.3. The molecule has 3 atom stereocenters. The smallest absolute Gasteiger partial charge is 0.333 e. The van der Waals surface area contributed by atoms with Crippen LogP contribution < -0.4 is 0 Å². The van der Waals surface area contributed by atoms with Gasteiger partial charge in [-0.15, -0.1) is 0 Å². The topological polar surface area (TPSA) is 49.9 Å². The molecule has 0 bridgehead atoms. The highest BCUT2D eigenvalue weighted by Crippen LogP contribution is 2.45. The van der Waals surface area contributed by atoms with Crippen molar-refractivity contribution in [3.63, 3.8) is 0 Å². The van der Waals surface area contributed by atoms with E-state index in [0.717, 1.165) is 37.7 Å². The molecular weight excluding hydrogens is 436 g/mol. The minimum Gasteiger partial charge on any atom is -0.462 e. The van der Waals surface area contributed by atoms with Crippen molar-refractivity contribution >= 4 is 11.8 Å². The average molecular weight is 487 g/mol. The molecule has 0 N–H and O–H groups in total. The summed E-state index contributed by atoms with van der Waals surface area (Å²) in [4.78, 5) is 29.9. The van der Waals surface area contributed by atoms with E-state index in [1.165, 1.54) is 76.8 Å². The van der Waals surface area contributed by atoms with E-state index in [0.29, 0.717) is 30.4 Å². The molecule has 198 valence electrons. The summed E-state index contributed by atoms with van der Waals surface area (Å²) in [5, 5.41) is 0. The number of Topliss-reactive ketones (excluding diaryl/α,β-unsaturated/α-hetero) is 1. The molecule has 2 aliphatic carbocycles. The van der Waals surface area contributed by atoms with Crippen molar-refractivity contribution in [1.82, 2.24) is 9.80 Å². The standard InChI is InChI=1S/C30H50N2O3/c1-23-13-14-26(21-28-25(3)29(33)22-27(23)28)24(2)30(34)35-20-12-10-8-6-5-7-9-11-15-32-18-16-31(4)17-19-32/h23,26-27H,2,5-22H2,1,3-4H3/t23-,26?,27-/m1/s1. The number of hydrogen-bond acceptors (Lipinski definition) is 5. The Kier molecular flexibility index (Phi) is 11.5. The Hall–Kier alpha value is -1.46. The van der Waals surface area contributed by atoms with Crippen LogP contribution in [-0.4, -0.2) is 67.9 Å². The van der Waals surface area contributed by atoms with Gasteiger partial charge in [-0.25, -0.2) is 4.79 Å². The molecule has 0 aromatic rings. The zero-order valence-electron chi connectivity index (χ0n) is 22.8. The van der Waals surface area contributed by atoms with Gasteiger partial charge in [-0.2, -0.15) is 0 Å². The van der Waals surface area contributed by atoms with Gasteiger partial charge < -0.3 is 14.5 Å². The summed E-state index contributed by atoms with van der Waals surface area (Å²) in [5.74, 6) is 1.04. The largest absolute Gasteiger partial charge is 0.462 e. The molecule has 1 saturated carbocycles. The van der Waals surface area contributed by atoms with Gasteiger partial charge in [0.2, 0.25) is 0 Å². The highest BCUT2D eigenvalue weighted by Gasteiger charge is 2.38. The number of fused-ring (bicyclic) bond motifs is 1. The van der Waals surface area contributed by atoms with Crippen molar-refractivity contribution in [3.8, 4) is 0 Å². The fraction of sp³-hybridized carbons (Fsp3) is 0.800. The van der Waals surface area contributed by atoms with Crippen molar-refractivity contribution < 1.29 is 14.3 Å². The van der Waals surface area contributed by atoms with Crippen LogP contribution in [0.5, 0.6) is 0 Å². The highest BCUT2D eigenvalue weighted by atomic mass is 16.5. The normalized spacial score (nSPS) is 26.0. The van der Waals surface area contributed by atoms with E-state index >= 15 is 0 Å². The molecule has 35 heavy (non-hydrogen) atoms. The molecular formula is C30H50N2O3. The molecule has 3 rings (SSSR count). The van der Waals surface area contributed by atoms with Crippen LogP contribution in [0.4, 0.5) is 0 Å². The first-order valence-corrected chi connectivity index (χ1v) is 14.4. The van der Waals surface area contributed by atoms with Gasteiger partial charge in [-0.05, 0) is 75.9 Å². The van der Waals surface area contributed by atoms with Crippen LogP contribution in [0.25, 0.3) is 0 Å². The van der Waals surface area contributed by atoms with Gasteiger partial charge in [0.05, 0.1) is 6.61 Å². The number of nitrogens with zero attached hydrogens (tertiary/aromatic N) is 2. The Balaban J connectivity index is 1.21. The Bertz CT molecular complexity index is 751. The van der Waals surface area contributed by atoms with E-state index in [1.807, 2.05) is 6.92 Å². The number of hydrogen-bond donors (Lipinski definition) is 0. The number of ketones is 1. The second-order valence-corrected chi connectivity index (χ2v) is 11.5. The zero-order chi connectivity index (χ0) is 25.2. The number of piperazine rings is 1. The molecule has 5 nitrogen and oxygen atoms in total. The van der Waals surface area contributed by atoms with Gasteiger partial charge in [-0.3, -0.25) is 4.79 Å². The van der Waals surface area contributed by atoms with Crippen molar-refractivity contribution in [2.24, 2.45) is 17.8 Å². The summed E-state index contributed by atoms with van der Waals surface area (Å²) in [7, 11) is 2.21. The fourth-order valence-corrected chi connectivity index (χ4v) is 6.11. The van der Waals surface area contributed by atoms with Crippen LogP contribution >= 0.6 is 0 Å². The summed E-state index contributed by atoms with van der Waals surface area (Å²) >= 11 is 0. The fourth-order valence-electron chi connectivity index (χ4n) is 6.11. The number of unbranched alkanes of at least 4 members (excludes halogenated alkanes) is 7. The molecule has 0 aromatic heterocycles. The predicted molar refractivity (Wildman–Crippen MR) is 143 cm³/mol. The summed E-state index contributed by atoms with van der Waals surface area (Å²) in [6.07, 6.45) is 13.4. The lowest BCUT2D eigenvalue weighted by atomic mass is 9.86. The third kappa shape index (κ3) is 8.56. The lowest BCUT2D eigenvalue weighted by molar-refractivity contribution is -0.139. The Labute approximate surface area is 214 Å². The summed E-state index contributed by atoms with van der Waals surface area (Å²) in [6.45, 7) is 15.0. The van der Waals surface area contributed by atoms with Gasteiger partial charge in [0.25, 0.3) is 0 Å². The number of carbonyl (C=O) groups excluding carboxylic acids is 2. The number of ether oxygens (including phenoxy) is 1. The minimum atomic E-state index is -0.232. The Morgan fingerprint density at radius 1 is 0.943 bits per heavy atom. The van der Waals surface area contributed by atoms with E-state index in [4.69, 9.17) is 4.74 Å². The van der Waals surface area contributed by atoms with Crippen LogP contribution in [0, 0.1) is 17.8 Å². The van der Waals surface area contributed by atoms with Gasteiger partial charge >= 0.3 is 5.97 Å². The maximum Gasteiger partial charge on any atom is 0.333 e. The molecule has 0 amide bonds. The van der Waals surface area contributed by atoms with E-state index in [2.05, 4.69) is 30.4 Å². The van der Waals surface area contributed by atoms with Crippen molar-refractivity contribution in [1.29, 1.82) is 0 Å². The lowest BCUT2D eigenvalue weighted by Gasteiger charge is -2.32. The monoisotopic (exact) mass is 486 g/mol. The maximum atomic E-state index is 12.6. The maximum absolute atomic E-state index is 12.6. The second-order valence-electron chi connectivity index (χ2n) is 11.5. The van der Waals surface area contributed by atoms with E-state index < -0.39 is 0 Å². The number of allylic oxidation sites excluding steroid dienone is 2. The Morgan fingerprint density at radius 2 is 1.57 bits per heavy atom. The third-order valence-electron chi connectivity index (χ3n) is 8.83. The lowest BCUT2D eigenvalue weighted by Crippen LogP contribution is -2.44. The van der Waals surface area contributed by atoms with Gasteiger partial charge in [0.15, 0.2) is 5.78 Å². The predicted octanol–water partition coefficient (Wildman–Crippen LogP) is 5.80. The number of carbonyl (C=O) groups is 2. The summed E-state index contributed by atoms with van der Waals surface area (Å²) < 4.78 is 5.58. The quantitative estimate of drug-likeness (QED) is 0.187. The molecule has 2 fully saturated rings. The van der Waals surface area contributed by atoms with Crippen molar-refractivity contribution in [2.45, 2.75) is 90.9 Å². The third-order valence-corrected chi connectivity index (χ3v) is 8.83. The molecule has 1 saturated heterocycles. The van der Waals surface area contributed by atoms with Crippen LogP contribution in [0.3, 0.4) is 0 Å². The molecule has 0 radical (unpaired) electrons. The average Bonchev–Trinajstić information content (AvgIpc) is 3.02. The summed E-state index contributed by atoms with van der Waals surface area (Å²) in [6, 6.07) is 0. The van der Waals surface area contributed by atoms with Crippen molar-refractivity contribution in [2.75, 3.05) is 46.4 Å². The van der Waals surface area contributed by atoms with Gasteiger partial charge in [0.1, 0.15) is 0 Å². The van der Waals surface area contributed by atoms with Crippen LogP contribution in [0.15, 0.2) is 23.3 Å². The molecule has 5 heteroatoms. The first kappa shape index (κ1) is 28.1. The van der Waals surface area contributed by atoms with E-state index in [9.17, 15) is 9.59 Å². The van der Waals surface area contributed by atoms with Crippen LogP contribution in [0.1, 0.15) is 90.9 Å². The first-order chi connectivity index (χ1) is 16.9. The molecule has 1 unspecified atom stereocenters. The van der Waals surface area contributed by atoms with Crippen molar-refractivity contribution in [3.05, 3.63) is 23.3 Å². The zero-order valence-corrected chi connectivity index (χ0v) is 22.8. The van der Waals surface area contributed by atoms with Gasteiger partial charge in [0, 0.05) is 38.2 Å². The molecule has 0 aromatic carbocycles. The molecule has 0 spiro atoms. The van der Waals surface area contributed by atoms with E-state index in [-0.39, 0.29) is 17.7 Å². The van der Waals surface area contributed by atoms with Crippen LogP contribution in [0.2, 0.25) is 0 Å². The van der Waals surface area contributed by atoms with Crippen LogP contribution in [-0.2, 0) is 14.3 Å². The SMILES string of the molecule is C=C(C(=O)OCCCCCCCCCCN1CCN(C)CC1)C1CC[C@@H](C)[C@H]2CC(=O)C(C)=C2C1. The number of rotatable bonds is 13. The number of likely N-dealkylation sites (N-methyl/N-ethyl adjacent to an activating group) is 1. The Morgan fingerprint density at radius 3 is 2.26 bits per heavy atom. The molecule has 3 aliphatic rings.